The van der Waals surface area contributed by atoms with Gasteiger partial charge in [0.1, 0.15) is 0 Å². The van der Waals surface area contributed by atoms with Gasteiger partial charge in [-0.15, -0.1) is 0 Å². The van der Waals surface area contributed by atoms with E-state index in [0.29, 0.717) is 6.29 Å². The summed E-state index contributed by atoms with van der Waals surface area (Å²) in [5, 5.41) is 0. The predicted octanol–water partition coefficient (Wildman–Crippen LogP) is -1.11. The zero-order valence-electron chi connectivity index (χ0n) is 4.38. The molecule has 46 valence electrons. The number of aldehydes is 1. The molecule has 0 bridgehead atoms. The van der Waals surface area contributed by atoms with Crippen molar-refractivity contribution in [2.75, 3.05) is 14.2 Å². The van der Waals surface area contributed by atoms with Crippen LogP contribution in [0.15, 0.2) is 0 Å². The van der Waals surface area contributed by atoms with E-state index < -0.39 is 6.29 Å². The van der Waals surface area contributed by atoms with Gasteiger partial charge in [0.15, 0.2) is 6.29 Å². The van der Waals surface area contributed by atoms with Gasteiger partial charge in [-0.25, -0.2) is 0 Å². The molecule has 0 rings (SSSR count). The standard InChI is InChI=1S/C4H8O3.Ca.2H/c1-6-4(3-5)7-2;;;/h3-4H,1-2H3;;;. The predicted molar refractivity (Wildman–Crippen MR) is 32.4 cm³/mol. The summed E-state index contributed by atoms with van der Waals surface area (Å²) in [6.45, 7) is 0. The molecule has 0 unspecified atom stereocenters. The summed E-state index contributed by atoms with van der Waals surface area (Å²) in [7, 11) is 2.81. The molecule has 0 aromatic heterocycles. The summed E-state index contributed by atoms with van der Waals surface area (Å²) in [5.41, 5.74) is 0. The van der Waals surface area contributed by atoms with Crippen LogP contribution in [0.1, 0.15) is 0 Å². The van der Waals surface area contributed by atoms with E-state index in [1.165, 1.54) is 14.2 Å². The second kappa shape index (κ2) is 7.85. The molecule has 0 amide bonds. The summed E-state index contributed by atoms with van der Waals surface area (Å²) in [5.74, 6) is 0. The summed E-state index contributed by atoms with van der Waals surface area (Å²) >= 11 is 0. The van der Waals surface area contributed by atoms with Gasteiger partial charge >= 0.3 is 37.7 Å². The van der Waals surface area contributed by atoms with Crippen LogP contribution in [0.2, 0.25) is 0 Å². The second-order valence-corrected chi connectivity index (χ2v) is 0.976. The van der Waals surface area contributed by atoms with E-state index >= 15 is 0 Å². The number of rotatable bonds is 3. The van der Waals surface area contributed by atoms with Crippen molar-refractivity contribution in [1.82, 2.24) is 0 Å². The molecule has 0 aliphatic heterocycles. The van der Waals surface area contributed by atoms with Crippen molar-refractivity contribution in [1.29, 1.82) is 0 Å². The van der Waals surface area contributed by atoms with E-state index in [0.717, 1.165) is 0 Å². The van der Waals surface area contributed by atoms with Gasteiger partial charge in [-0.1, -0.05) is 0 Å². The average Bonchev–Trinajstić information content (AvgIpc) is 1.72. The summed E-state index contributed by atoms with van der Waals surface area (Å²) in [4.78, 5) is 9.72. The molecule has 0 spiro atoms. The number of ether oxygens (including phenoxy) is 2. The van der Waals surface area contributed by atoms with Crippen LogP contribution in [0.25, 0.3) is 0 Å². The molecular weight excluding hydrogens is 136 g/mol. The van der Waals surface area contributed by atoms with E-state index in [4.69, 9.17) is 0 Å². The maximum absolute atomic E-state index is 9.72. The Bertz CT molecular complexity index is 53.2. The summed E-state index contributed by atoms with van der Waals surface area (Å²) < 4.78 is 8.92. The summed E-state index contributed by atoms with van der Waals surface area (Å²) in [6.07, 6.45) is -0.111. The van der Waals surface area contributed by atoms with Gasteiger partial charge < -0.3 is 9.47 Å². The zero-order valence-corrected chi connectivity index (χ0v) is 4.38. The fourth-order valence-electron chi connectivity index (χ4n) is 0.207. The third kappa shape index (κ3) is 5.00. The van der Waals surface area contributed by atoms with Crippen molar-refractivity contribution in [3.05, 3.63) is 0 Å². The molecule has 0 N–H and O–H groups in total. The third-order valence-corrected chi connectivity index (χ3v) is 0.576. The van der Waals surface area contributed by atoms with Crippen LogP contribution in [0.5, 0.6) is 0 Å². The minimum atomic E-state index is -0.694. The molecule has 3 nitrogen and oxygen atoms in total. The molecule has 4 heteroatoms. The Labute approximate surface area is 78.3 Å². The van der Waals surface area contributed by atoms with Crippen LogP contribution in [0.4, 0.5) is 0 Å². The number of hydrogen-bond acceptors (Lipinski definition) is 3. The monoisotopic (exact) mass is 146 g/mol. The SMILES string of the molecule is COC(C=O)OC.[CaH2]. The summed E-state index contributed by atoms with van der Waals surface area (Å²) in [6, 6.07) is 0. The van der Waals surface area contributed by atoms with Crippen LogP contribution in [-0.2, 0) is 14.3 Å². The number of carbonyl (C=O) groups is 1. The normalized spacial score (nSPS) is 8.38. The van der Waals surface area contributed by atoms with Gasteiger partial charge in [0.05, 0.1) is 0 Å². The molecule has 0 aliphatic rings. The molecule has 0 aromatic carbocycles. The van der Waals surface area contributed by atoms with Crippen LogP contribution in [-0.4, -0.2) is 64.5 Å². The average molecular weight is 146 g/mol. The first-order valence-corrected chi connectivity index (χ1v) is 1.86. The number of methoxy groups -OCH3 is 2. The van der Waals surface area contributed by atoms with E-state index in [2.05, 4.69) is 9.47 Å². The molecule has 0 fully saturated rings. The van der Waals surface area contributed by atoms with E-state index in [1.54, 1.807) is 0 Å². The zero-order chi connectivity index (χ0) is 5.70. The number of hydrogen-bond donors (Lipinski definition) is 0. The Morgan fingerprint density at radius 2 is 1.75 bits per heavy atom. The molecule has 0 aromatic rings. The van der Waals surface area contributed by atoms with Crippen molar-refractivity contribution in [3.8, 4) is 0 Å². The Hall–Kier alpha value is 0.850. The Balaban J connectivity index is 0. The fraction of sp³-hybridized carbons (Fsp3) is 0.750. The first-order chi connectivity index (χ1) is 3.35. The molecule has 0 saturated heterocycles. The Morgan fingerprint density at radius 1 is 1.38 bits per heavy atom. The first-order valence-electron chi connectivity index (χ1n) is 1.86. The van der Waals surface area contributed by atoms with Crippen molar-refractivity contribution in [3.63, 3.8) is 0 Å². The maximum atomic E-state index is 9.72. The van der Waals surface area contributed by atoms with Crippen molar-refractivity contribution < 1.29 is 14.3 Å². The third-order valence-electron chi connectivity index (χ3n) is 0.576. The van der Waals surface area contributed by atoms with Crippen LogP contribution in [0.3, 0.4) is 0 Å². The fourth-order valence-corrected chi connectivity index (χ4v) is 0.207. The van der Waals surface area contributed by atoms with Gasteiger partial charge in [-0.05, 0) is 0 Å². The molecule has 0 heterocycles. The molecule has 0 saturated carbocycles. The van der Waals surface area contributed by atoms with Crippen molar-refractivity contribution in [2.24, 2.45) is 0 Å². The molecule has 0 aliphatic carbocycles. The quantitative estimate of drug-likeness (QED) is 0.288. The van der Waals surface area contributed by atoms with Gasteiger partial charge in [-0.3, -0.25) is 4.79 Å². The van der Waals surface area contributed by atoms with Gasteiger partial charge in [0.25, 0.3) is 0 Å². The Kier molecular flexibility index (Phi) is 11.4. The molecule has 8 heavy (non-hydrogen) atoms. The van der Waals surface area contributed by atoms with Crippen LogP contribution >= 0.6 is 0 Å². The van der Waals surface area contributed by atoms with Gasteiger partial charge in [0, 0.05) is 14.2 Å². The second-order valence-electron chi connectivity index (χ2n) is 0.976. The topological polar surface area (TPSA) is 35.5 Å². The van der Waals surface area contributed by atoms with Crippen molar-refractivity contribution in [2.45, 2.75) is 6.29 Å². The molecule has 0 atom stereocenters. The molecule has 0 radical (unpaired) electrons. The van der Waals surface area contributed by atoms with Crippen molar-refractivity contribution >= 4 is 44.0 Å². The van der Waals surface area contributed by atoms with Crippen LogP contribution < -0.4 is 0 Å². The van der Waals surface area contributed by atoms with Gasteiger partial charge in [-0.2, -0.15) is 0 Å². The Morgan fingerprint density at radius 3 is 1.75 bits per heavy atom. The molecular formula is C4H10CaO3. The first kappa shape index (κ1) is 11.6. The van der Waals surface area contributed by atoms with E-state index in [1.807, 2.05) is 0 Å². The number of carbonyl (C=O) groups excluding carboxylic acids is 1. The van der Waals surface area contributed by atoms with Gasteiger partial charge in [0.2, 0.25) is 6.29 Å². The minimum absolute atomic E-state index is 0. The van der Waals surface area contributed by atoms with E-state index in [9.17, 15) is 4.79 Å². The van der Waals surface area contributed by atoms with Crippen LogP contribution in [0, 0.1) is 0 Å². The van der Waals surface area contributed by atoms with E-state index in [-0.39, 0.29) is 37.7 Å².